The number of nitrogens with zero attached hydrogens (tertiary/aromatic N) is 1. The fourth-order valence-corrected chi connectivity index (χ4v) is 3.70. The van der Waals surface area contributed by atoms with Crippen LogP contribution in [-0.4, -0.2) is 24.0 Å². The zero-order chi connectivity index (χ0) is 20.1. The lowest BCUT2D eigenvalue weighted by molar-refractivity contribution is -0.150. The fourth-order valence-electron chi connectivity index (χ4n) is 3.70. The van der Waals surface area contributed by atoms with Crippen molar-refractivity contribution in [2.75, 3.05) is 4.90 Å². The number of unbranched alkanes of at least 4 members (excludes halogenated alkanes) is 3. The lowest BCUT2D eigenvalue weighted by Crippen LogP contribution is -2.41. The normalized spacial score (nSPS) is 17.9. The first-order valence-electron chi connectivity index (χ1n) is 10.1. The minimum atomic E-state index is -0.712. The molecule has 6 nitrogen and oxygen atoms in total. The number of carbonyl (C=O) groups excluding carboxylic acids is 2. The molecule has 1 aliphatic heterocycles. The molecule has 1 aliphatic rings. The lowest BCUT2D eigenvalue weighted by Gasteiger charge is -2.25. The van der Waals surface area contributed by atoms with Crippen molar-refractivity contribution >= 4 is 28.5 Å². The molecule has 1 saturated heterocycles. The topological polar surface area (TPSA) is 76.8 Å². The molecule has 1 aromatic heterocycles. The molecule has 2 heterocycles. The predicted molar refractivity (Wildman–Crippen MR) is 107 cm³/mol. The van der Waals surface area contributed by atoms with Gasteiger partial charge in [0.2, 0.25) is 5.91 Å². The summed E-state index contributed by atoms with van der Waals surface area (Å²) < 4.78 is 10.8. The quantitative estimate of drug-likeness (QED) is 0.387. The van der Waals surface area contributed by atoms with E-state index in [0.29, 0.717) is 23.1 Å². The highest BCUT2D eigenvalue weighted by Crippen LogP contribution is 2.32. The molecule has 0 radical (unpaired) electrons. The Morgan fingerprint density at radius 2 is 2.04 bits per heavy atom. The van der Waals surface area contributed by atoms with Crippen LogP contribution in [0.1, 0.15) is 58.8 Å². The molecule has 0 aliphatic carbocycles. The van der Waals surface area contributed by atoms with Gasteiger partial charge in [0.25, 0.3) is 0 Å². The van der Waals surface area contributed by atoms with Gasteiger partial charge in [-0.3, -0.25) is 9.69 Å². The van der Waals surface area contributed by atoms with E-state index < -0.39 is 17.6 Å². The monoisotopic (exact) mass is 385 g/mol. The van der Waals surface area contributed by atoms with E-state index in [4.69, 9.17) is 9.15 Å². The molecule has 3 rings (SSSR count). The Morgan fingerprint density at radius 1 is 1.25 bits per heavy atom. The number of esters is 1. The van der Waals surface area contributed by atoms with Crippen molar-refractivity contribution in [2.24, 2.45) is 0 Å². The molecule has 150 valence electrons. The van der Waals surface area contributed by atoms with E-state index in [1.807, 2.05) is 6.92 Å². The summed E-state index contributed by atoms with van der Waals surface area (Å²) in [4.78, 5) is 38.7. The number of ether oxygens (including phenoxy) is 1. The van der Waals surface area contributed by atoms with Crippen LogP contribution in [0.25, 0.3) is 11.0 Å². The van der Waals surface area contributed by atoms with Crippen molar-refractivity contribution in [3.63, 3.8) is 0 Å². The van der Waals surface area contributed by atoms with Gasteiger partial charge < -0.3 is 9.15 Å². The third-order valence-corrected chi connectivity index (χ3v) is 5.15. The molecule has 0 N–H and O–H groups in total. The molecule has 28 heavy (non-hydrogen) atoms. The Labute approximate surface area is 164 Å². The van der Waals surface area contributed by atoms with E-state index in [-0.39, 0.29) is 18.4 Å². The summed E-state index contributed by atoms with van der Waals surface area (Å²) in [5.41, 5.74) is 0.248. The van der Waals surface area contributed by atoms with Gasteiger partial charge in [0.1, 0.15) is 11.6 Å². The van der Waals surface area contributed by atoms with Crippen molar-refractivity contribution in [1.82, 2.24) is 0 Å². The summed E-state index contributed by atoms with van der Waals surface area (Å²) in [5, 5.41) is 0.628. The molecule has 1 aromatic carbocycles. The van der Waals surface area contributed by atoms with Gasteiger partial charge in [-0.1, -0.05) is 38.3 Å². The molecule has 0 unspecified atom stereocenters. The third kappa shape index (κ3) is 4.43. The van der Waals surface area contributed by atoms with Crippen molar-refractivity contribution in [2.45, 2.75) is 70.9 Å². The van der Waals surface area contributed by atoms with Crippen LogP contribution in [-0.2, 0) is 14.3 Å². The fraction of sp³-hybridized carbons (Fsp3) is 0.500. The van der Waals surface area contributed by atoms with Crippen molar-refractivity contribution in [3.05, 3.63) is 40.8 Å². The molecule has 1 fully saturated rings. The molecule has 0 spiro atoms. The van der Waals surface area contributed by atoms with Crippen LogP contribution in [0.3, 0.4) is 0 Å². The smallest absolute Gasteiger partial charge is 0.338 e. The Bertz CT molecular complexity index is 903. The molecule has 2 aromatic rings. The zero-order valence-corrected chi connectivity index (χ0v) is 16.5. The van der Waals surface area contributed by atoms with Crippen molar-refractivity contribution in [3.8, 4) is 0 Å². The zero-order valence-electron chi connectivity index (χ0n) is 16.5. The highest BCUT2D eigenvalue weighted by atomic mass is 16.5. The molecular formula is C22H27NO5. The number of anilines is 1. The minimum Gasteiger partial charge on any atom is -0.461 e. The maximum atomic E-state index is 12.8. The van der Waals surface area contributed by atoms with Gasteiger partial charge in [0.05, 0.1) is 11.8 Å². The number of benzene rings is 1. The number of amides is 1. The van der Waals surface area contributed by atoms with Gasteiger partial charge >= 0.3 is 11.6 Å². The van der Waals surface area contributed by atoms with Gasteiger partial charge in [-0.25, -0.2) is 9.59 Å². The number of hydrogen-bond donors (Lipinski definition) is 0. The van der Waals surface area contributed by atoms with E-state index in [0.717, 1.165) is 25.7 Å². The second-order valence-corrected chi connectivity index (χ2v) is 7.36. The summed E-state index contributed by atoms with van der Waals surface area (Å²) in [6.07, 6.45) is 5.72. The Morgan fingerprint density at radius 3 is 2.82 bits per heavy atom. The van der Waals surface area contributed by atoms with Gasteiger partial charge in [-0.2, -0.15) is 0 Å². The molecule has 0 saturated carbocycles. The number of carbonyl (C=O) groups is 2. The minimum absolute atomic E-state index is 0.187. The highest BCUT2D eigenvalue weighted by molar-refractivity contribution is 6.07. The van der Waals surface area contributed by atoms with E-state index in [1.165, 1.54) is 17.4 Å². The van der Waals surface area contributed by atoms with Crippen LogP contribution in [0.4, 0.5) is 5.69 Å². The second kappa shape index (κ2) is 9.04. The van der Waals surface area contributed by atoms with Crippen molar-refractivity contribution < 1.29 is 18.7 Å². The van der Waals surface area contributed by atoms with E-state index in [1.54, 1.807) is 24.3 Å². The van der Waals surface area contributed by atoms with Gasteiger partial charge in [0, 0.05) is 17.9 Å². The maximum Gasteiger partial charge on any atom is 0.338 e. The molecule has 0 bridgehead atoms. The summed E-state index contributed by atoms with van der Waals surface area (Å²) in [6.45, 7) is 4.04. The van der Waals surface area contributed by atoms with Gasteiger partial charge in [-0.05, 0) is 38.3 Å². The molecule has 6 heteroatoms. The first-order valence-corrected chi connectivity index (χ1v) is 10.1. The predicted octanol–water partition coefficient (Wildman–Crippen LogP) is 4.19. The van der Waals surface area contributed by atoms with E-state index in [9.17, 15) is 14.4 Å². The standard InChI is InChI=1S/C22H27NO5/c1-3-4-5-6-9-15(2)27-22(26)17-12-13-20(24)23(17)18-14-21(25)28-19-11-8-7-10-16(18)19/h7-8,10-11,14-15,17H,3-6,9,12-13H2,1-2H3/t15-,17+/m1/s1. The first kappa shape index (κ1) is 20.1. The number of rotatable bonds is 8. The Kier molecular flexibility index (Phi) is 6.49. The molecule has 2 atom stereocenters. The van der Waals surface area contributed by atoms with Crippen LogP contribution in [0.2, 0.25) is 0 Å². The number of hydrogen-bond acceptors (Lipinski definition) is 5. The second-order valence-electron chi connectivity index (χ2n) is 7.36. The van der Waals surface area contributed by atoms with Crippen LogP contribution in [0, 0.1) is 0 Å². The van der Waals surface area contributed by atoms with Crippen LogP contribution >= 0.6 is 0 Å². The Hall–Kier alpha value is -2.63. The summed E-state index contributed by atoms with van der Waals surface area (Å²) >= 11 is 0. The number of para-hydroxylation sites is 1. The molecule has 1 amide bonds. The number of fused-ring (bicyclic) bond motifs is 1. The SMILES string of the molecule is CCCCCC[C@@H](C)OC(=O)[C@@H]1CCC(=O)N1c1cc(=O)oc2ccccc12. The molecular weight excluding hydrogens is 358 g/mol. The van der Waals surface area contributed by atoms with E-state index in [2.05, 4.69) is 6.92 Å². The average Bonchev–Trinajstić information content (AvgIpc) is 3.06. The summed E-state index contributed by atoms with van der Waals surface area (Å²) in [5.74, 6) is -0.598. The van der Waals surface area contributed by atoms with Crippen LogP contribution in [0.5, 0.6) is 0 Å². The Balaban J connectivity index is 1.79. The van der Waals surface area contributed by atoms with Crippen LogP contribution in [0.15, 0.2) is 39.5 Å². The maximum absolute atomic E-state index is 12.8. The highest BCUT2D eigenvalue weighted by Gasteiger charge is 2.39. The first-order chi connectivity index (χ1) is 13.5. The van der Waals surface area contributed by atoms with Gasteiger partial charge in [-0.15, -0.1) is 0 Å². The largest absolute Gasteiger partial charge is 0.461 e. The van der Waals surface area contributed by atoms with E-state index >= 15 is 0 Å². The average molecular weight is 385 g/mol. The van der Waals surface area contributed by atoms with Crippen molar-refractivity contribution in [1.29, 1.82) is 0 Å². The summed E-state index contributed by atoms with van der Waals surface area (Å²) in [6, 6.07) is 7.57. The van der Waals surface area contributed by atoms with Gasteiger partial charge in [0.15, 0.2) is 0 Å². The summed E-state index contributed by atoms with van der Waals surface area (Å²) in [7, 11) is 0. The third-order valence-electron chi connectivity index (χ3n) is 5.15. The van der Waals surface area contributed by atoms with Crippen LogP contribution < -0.4 is 10.5 Å². The lowest BCUT2D eigenvalue weighted by atomic mass is 10.1.